The summed E-state index contributed by atoms with van der Waals surface area (Å²) in [5.74, 6) is -2.69. The molecular weight excluding hydrogens is 694 g/mol. The van der Waals surface area contributed by atoms with E-state index in [1.807, 2.05) is 13.1 Å². The van der Waals surface area contributed by atoms with Gasteiger partial charge in [0.25, 0.3) is 0 Å². The summed E-state index contributed by atoms with van der Waals surface area (Å²) < 4.78 is 44.4. The van der Waals surface area contributed by atoms with E-state index in [0.717, 1.165) is 5.56 Å². The summed E-state index contributed by atoms with van der Waals surface area (Å²) >= 11 is 0. The molecule has 292 valence electrons. The molecule has 2 aliphatic carbocycles. The van der Waals surface area contributed by atoms with Crippen LogP contribution in [0.3, 0.4) is 0 Å². The van der Waals surface area contributed by atoms with Crippen molar-refractivity contribution in [2.24, 2.45) is 0 Å². The van der Waals surface area contributed by atoms with E-state index >= 15 is 0 Å². The largest absolute Gasteiger partial charge is 0.514 e. The van der Waals surface area contributed by atoms with Crippen LogP contribution in [-0.2, 0) is 54.6 Å². The van der Waals surface area contributed by atoms with Gasteiger partial charge in [0, 0.05) is 18.0 Å². The number of piperidine rings is 1. The Kier molecular flexibility index (Phi) is 10.4. The lowest BCUT2D eigenvalue weighted by molar-refractivity contribution is -0.180. The van der Waals surface area contributed by atoms with Gasteiger partial charge in [0.2, 0.25) is 6.10 Å². The van der Waals surface area contributed by atoms with Crippen LogP contribution in [0.4, 0.5) is 9.59 Å². The van der Waals surface area contributed by atoms with Crippen molar-refractivity contribution in [3.05, 3.63) is 35.1 Å². The Morgan fingerprint density at radius 3 is 2.13 bits per heavy atom. The Bertz CT molecular complexity index is 1700. The average molecular weight is 746 g/mol. The number of ether oxygens (including phenoxy) is 8. The minimum Gasteiger partial charge on any atom is -0.477 e. The summed E-state index contributed by atoms with van der Waals surface area (Å²) in [5, 5.41) is 12.6. The fraction of sp³-hybridized carbons (Fsp3) is 0.658. The van der Waals surface area contributed by atoms with Crippen molar-refractivity contribution in [2.45, 2.75) is 147 Å². The zero-order valence-electron chi connectivity index (χ0n) is 32.3. The molecule has 0 aromatic heterocycles. The Balaban J connectivity index is 1.42. The molecule has 0 amide bonds. The monoisotopic (exact) mass is 745 g/mol. The first kappa shape index (κ1) is 39.8. The molecular formula is C38H51NO14. The fourth-order valence-electron chi connectivity index (χ4n) is 7.44. The van der Waals surface area contributed by atoms with Gasteiger partial charge < -0.3 is 47.9 Å². The predicted molar refractivity (Wildman–Crippen MR) is 185 cm³/mol. The van der Waals surface area contributed by atoms with Crippen molar-refractivity contribution in [2.75, 3.05) is 13.6 Å². The molecule has 6 atom stereocenters. The first-order valence-electron chi connectivity index (χ1n) is 17.7. The number of hydrogen-bond donors (Lipinski definition) is 1. The number of rotatable bonds is 8. The summed E-state index contributed by atoms with van der Waals surface area (Å²) in [6.45, 7) is 16.7. The number of likely N-dealkylation sites (tertiary alicyclic amines) is 1. The number of nitrogens with zero attached hydrogens (tertiary/aromatic N) is 1. The molecule has 0 radical (unpaired) electrons. The van der Waals surface area contributed by atoms with Crippen molar-refractivity contribution in [3.63, 3.8) is 0 Å². The average Bonchev–Trinajstić information content (AvgIpc) is 3.34. The Labute approximate surface area is 309 Å². The van der Waals surface area contributed by atoms with Crippen LogP contribution in [0.2, 0.25) is 0 Å². The van der Waals surface area contributed by atoms with E-state index in [9.17, 15) is 29.1 Å². The molecule has 53 heavy (non-hydrogen) atoms. The first-order valence-corrected chi connectivity index (χ1v) is 17.7. The third kappa shape index (κ3) is 8.10. The summed E-state index contributed by atoms with van der Waals surface area (Å²) in [6, 6.07) is 3.15. The van der Waals surface area contributed by atoms with E-state index in [1.54, 1.807) is 74.5 Å². The standard InChI is InChI=1S/C38H51NO14/c1-20(30(41)51-34(2,3)4)46-31(42)24(49-33(44)53-36(8,9)10)19-26(40)47-23-14-15-38(45)25-18-21-12-13-22(48-32(43)52-35(5,6)7)28-27(21)37(38,29(23)50-28)16-17-39(25)11/h12-14,20,24-25,29,45H,15-19H2,1-11H3/t20-,24-,25-,29-,37-,38+/m0/s1. The highest BCUT2D eigenvalue weighted by Gasteiger charge is 2.72. The van der Waals surface area contributed by atoms with Gasteiger partial charge in [-0.1, -0.05) is 6.07 Å². The second-order valence-electron chi connectivity index (χ2n) is 17.0. The highest BCUT2D eigenvalue weighted by Crippen LogP contribution is 2.65. The highest BCUT2D eigenvalue weighted by molar-refractivity contribution is 5.86. The van der Waals surface area contributed by atoms with Gasteiger partial charge in [-0.2, -0.15) is 0 Å². The molecule has 1 N–H and O–H groups in total. The SMILES string of the molecule is C[C@H](OC(=O)[C@H](CC(=O)OC1=CC[C@@]2(O)[C@@H]3Cc4ccc(OC(=O)OC(C)(C)C)c5c4[C@@]2(CCN3C)[C@H]1O5)OC(=O)OC(C)(C)C)C(=O)OC(C)(C)C. The van der Waals surface area contributed by atoms with E-state index in [-0.39, 0.29) is 29.7 Å². The van der Waals surface area contributed by atoms with Gasteiger partial charge in [-0.15, -0.1) is 0 Å². The van der Waals surface area contributed by atoms with Crippen molar-refractivity contribution in [3.8, 4) is 11.5 Å². The number of likely N-dealkylation sites (N-methyl/N-ethyl adjacent to an activating group) is 1. The maximum absolute atomic E-state index is 13.7. The molecule has 15 nitrogen and oxygen atoms in total. The van der Waals surface area contributed by atoms with Gasteiger partial charge in [0.1, 0.15) is 22.6 Å². The van der Waals surface area contributed by atoms with Crippen LogP contribution < -0.4 is 9.47 Å². The van der Waals surface area contributed by atoms with Gasteiger partial charge >= 0.3 is 30.2 Å². The highest BCUT2D eigenvalue weighted by atomic mass is 16.7. The fourth-order valence-corrected chi connectivity index (χ4v) is 7.44. The summed E-state index contributed by atoms with van der Waals surface area (Å²) in [7, 11) is 1.94. The minimum atomic E-state index is -1.87. The normalized spacial score (nSPS) is 25.7. The molecule has 0 unspecified atom stereocenters. The molecule has 2 aliphatic heterocycles. The number of hydrogen-bond acceptors (Lipinski definition) is 15. The predicted octanol–water partition coefficient (Wildman–Crippen LogP) is 4.81. The smallest absolute Gasteiger partial charge is 0.477 e. The third-order valence-electron chi connectivity index (χ3n) is 9.43. The lowest BCUT2D eigenvalue weighted by atomic mass is 9.50. The van der Waals surface area contributed by atoms with Crippen molar-refractivity contribution in [1.82, 2.24) is 4.90 Å². The second kappa shape index (κ2) is 13.8. The number of benzene rings is 1. The molecule has 0 saturated carbocycles. The molecule has 1 aromatic rings. The van der Waals surface area contributed by atoms with Gasteiger partial charge in [0.05, 0.1) is 17.4 Å². The van der Waals surface area contributed by atoms with E-state index in [4.69, 9.17) is 37.9 Å². The van der Waals surface area contributed by atoms with E-state index in [1.165, 1.54) is 6.92 Å². The second-order valence-corrected chi connectivity index (χ2v) is 17.0. The number of carbonyl (C=O) groups excluding carboxylic acids is 5. The molecule has 5 rings (SSSR count). The van der Waals surface area contributed by atoms with Gasteiger partial charge in [0.15, 0.2) is 23.7 Å². The molecule has 4 aliphatic rings. The minimum absolute atomic E-state index is 0.0572. The van der Waals surface area contributed by atoms with Crippen LogP contribution in [0.25, 0.3) is 0 Å². The molecule has 1 aromatic carbocycles. The number of esters is 3. The number of aliphatic hydroxyl groups is 1. The van der Waals surface area contributed by atoms with Gasteiger partial charge in [-0.25, -0.2) is 19.2 Å². The molecule has 1 saturated heterocycles. The van der Waals surface area contributed by atoms with Crippen molar-refractivity contribution < 1.29 is 67.0 Å². The zero-order valence-corrected chi connectivity index (χ0v) is 32.3. The summed E-state index contributed by atoms with van der Waals surface area (Å²) in [4.78, 5) is 67.0. The first-order chi connectivity index (χ1) is 24.3. The van der Waals surface area contributed by atoms with E-state index in [0.29, 0.717) is 24.9 Å². The van der Waals surface area contributed by atoms with Gasteiger partial charge in [-0.05, 0) is 113 Å². The lowest BCUT2D eigenvalue weighted by Gasteiger charge is -2.61. The molecule has 1 spiro atoms. The van der Waals surface area contributed by atoms with Crippen LogP contribution in [0.5, 0.6) is 11.5 Å². The maximum atomic E-state index is 13.7. The summed E-state index contributed by atoms with van der Waals surface area (Å²) in [5.41, 5.74) is -3.58. The number of carbonyl (C=O) groups is 5. The topological polar surface area (TPSA) is 183 Å². The molecule has 2 heterocycles. The van der Waals surface area contributed by atoms with Crippen molar-refractivity contribution >= 4 is 30.2 Å². The third-order valence-corrected chi connectivity index (χ3v) is 9.43. The Morgan fingerprint density at radius 2 is 1.51 bits per heavy atom. The summed E-state index contributed by atoms with van der Waals surface area (Å²) in [6.07, 6.45) is -4.76. The van der Waals surface area contributed by atoms with Crippen LogP contribution in [0.1, 0.15) is 99.6 Å². The van der Waals surface area contributed by atoms with Crippen LogP contribution in [0, 0.1) is 0 Å². The van der Waals surface area contributed by atoms with Gasteiger partial charge in [-0.3, -0.25) is 4.79 Å². The van der Waals surface area contributed by atoms with Crippen LogP contribution in [-0.4, -0.2) is 101 Å². The van der Waals surface area contributed by atoms with E-state index in [2.05, 4.69) is 4.90 Å². The zero-order chi connectivity index (χ0) is 39.5. The quantitative estimate of drug-likeness (QED) is 0.217. The van der Waals surface area contributed by atoms with Crippen LogP contribution in [0.15, 0.2) is 24.0 Å². The Hall–Kier alpha value is -4.37. The Morgan fingerprint density at radius 1 is 0.887 bits per heavy atom. The van der Waals surface area contributed by atoms with E-state index < -0.39 is 82.8 Å². The van der Waals surface area contributed by atoms with Crippen molar-refractivity contribution in [1.29, 1.82) is 0 Å². The molecule has 2 bridgehead atoms. The molecule has 15 heteroatoms. The molecule has 1 fully saturated rings. The lowest BCUT2D eigenvalue weighted by Crippen LogP contribution is -2.74. The van der Waals surface area contributed by atoms with Crippen LogP contribution >= 0.6 is 0 Å². The maximum Gasteiger partial charge on any atom is 0.514 e.